The van der Waals surface area contributed by atoms with Crippen LogP contribution in [0.3, 0.4) is 0 Å². The van der Waals surface area contributed by atoms with E-state index in [-0.39, 0.29) is 6.10 Å². The van der Waals surface area contributed by atoms with Gasteiger partial charge in [0.05, 0.1) is 18.8 Å². The minimum Gasteiger partial charge on any atom is -0.373 e. The summed E-state index contributed by atoms with van der Waals surface area (Å²) in [6.45, 7) is 4.13. The molecule has 0 radical (unpaired) electrons. The van der Waals surface area contributed by atoms with E-state index in [1.54, 1.807) is 6.20 Å². The predicted octanol–water partition coefficient (Wildman–Crippen LogP) is 0.0950. The van der Waals surface area contributed by atoms with Crippen LogP contribution < -0.4 is 15.5 Å². The molecule has 1 aliphatic rings. The minimum atomic E-state index is 0.0824. The summed E-state index contributed by atoms with van der Waals surface area (Å²) in [5.41, 5.74) is 5.67. The Morgan fingerprint density at radius 2 is 2.33 bits per heavy atom. The number of morpholine rings is 1. The molecule has 6 nitrogen and oxygen atoms in total. The molecule has 2 unspecified atom stereocenters. The van der Waals surface area contributed by atoms with Gasteiger partial charge in [0.25, 0.3) is 0 Å². The summed E-state index contributed by atoms with van der Waals surface area (Å²) in [7, 11) is 3.87. The molecule has 0 amide bonds. The van der Waals surface area contributed by atoms with Gasteiger partial charge in [-0.1, -0.05) is 0 Å². The van der Waals surface area contributed by atoms with Gasteiger partial charge < -0.3 is 20.3 Å². The first kappa shape index (κ1) is 13.0. The van der Waals surface area contributed by atoms with Crippen molar-refractivity contribution >= 4 is 11.8 Å². The van der Waals surface area contributed by atoms with Crippen LogP contribution in [0.5, 0.6) is 0 Å². The quantitative estimate of drug-likeness (QED) is 0.821. The van der Waals surface area contributed by atoms with Crippen molar-refractivity contribution in [2.45, 2.75) is 19.1 Å². The molecule has 0 aliphatic carbocycles. The third-order valence-electron chi connectivity index (χ3n) is 3.09. The lowest BCUT2D eigenvalue weighted by Gasteiger charge is -2.38. The molecule has 6 heteroatoms. The maximum Gasteiger partial charge on any atom is 0.226 e. The van der Waals surface area contributed by atoms with Crippen LogP contribution in [0.4, 0.5) is 11.8 Å². The van der Waals surface area contributed by atoms with Crippen LogP contribution in [-0.4, -0.2) is 55.9 Å². The van der Waals surface area contributed by atoms with Gasteiger partial charge in [0.1, 0.15) is 5.82 Å². The Labute approximate surface area is 108 Å². The molecule has 100 valence electrons. The summed E-state index contributed by atoms with van der Waals surface area (Å²) in [5, 5.41) is 0. The third-order valence-corrected chi connectivity index (χ3v) is 3.09. The van der Waals surface area contributed by atoms with Gasteiger partial charge in [-0.25, -0.2) is 4.98 Å². The van der Waals surface area contributed by atoms with E-state index in [9.17, 15) is 0 Å². The van der Waals surface area contributed by atoms with Crippen LogP contribution in [0, 0.1) is 0 Å². The molecule has 2 N–H and O–H groups in total. The first-order valence-corrected chi connectivity index (χ1v) is 6.20. The van der Waals surface area contributed by atoms with E-state index in [1.807, 2.05) is 25.1 Å². The Morgan fingerprint density at radius 3 is 3.00 bits per heavy atom. The van der Waals surface area contributed by atoms with Crippen LogP contribution in [0.1, 0.15) is 6.92 Å². The molecule has 2 rings (SSSR count). The summed E-state index contributed by atoms with van der Waals surface area (Å²) in [6.07, 6.45) is 1.87. The van der Waals surface area contributed by atoms with Gasteiger partial charge in [-0.2, -0.15) is 4.98 Å². The van der Waals surface area contributed by atoms with Crippen molar-refractivity contribution in [2.75, 3.05) is 43.6 Å². The second-order valence-corrected chi connectivity index (χ2v) is 4.80. The maximum atomic E-state index is 5.67. The van der Waals surface area contributed by atoms with Crippen molar-refractivity contribution in [3.63, 3.8) is 0 Å². The topological polar surface area (TPSA) is 67.5 Å². The lowest BCUT2D eigenvalue weighted by atomic mass is 10.2. The average Bonchev–Trinajstić information content (AvgIpc) is 2.39. The average molecular weight is 251 g/mol. The van der Waals surface area contributed by atoms with Crippen LogP contribution >= 0.6 is 0 Å². The molecule has 18 heavy (non-hydrogen) atoms. The number of hydrogen-bond acceptors (Lipinski definition) is 6. The number of rotatable bonds is 3. The molecule has 1 saturated heterocycles. The fraction of sp³-hybridized carbons (Fsp3) is 0.667. The number of nitrogens with two attached hydrogens (primary N) is 1. The van der Waals surface area contributed by atoms with Gasteiger partial charge in [-0.15, -0.1) is 0 Å². The van der Waals surface area contributed by atoms with Crippen molar-refractivity contribution in [2.24, 2.45) is 5.73 Å². The van der Waals surface area contributed by atoms with Crippen molar-refractivity contribution < 1.29 is 4.74 Å². The first-order valence-electron chi connectivity index (χ1n) is 6.20. The smallest absolute Gasteiger partial charge is 0.226 e. The highest BCUT2D eigenvalue weighted by molar-refractivity contribution is 5.44. The van der Waals surface area contributed by atoms with Gasteiger partial charge in [0, 0.05) is 33.4 Å². The van der Waals surface area contributed by atoms with E-state index in [2.05, 4.69) is 21.8 Å². The second kappa shape index (κ2) is 5.49. The largest absolute Gasteiger partial charge is 0.373 e. The van der Waals surface area contributed by atoms with E-state index >= 15 is 0 Å². The molecule has 0 saturated carbocycles. The molecular weight excluding hydrogens is 230 g/mol. The summed E-state index contributed by atoms with van der Waals surface area (Å²) < 4.78 is 5.65. The summed E-state index contributed by atoms with van der Waals surface area (Å²) in [4.78, 5) is 12.9. The molecule has 1 aromatic rings. The van der Waals surface area contributed by atoms with Crippen LogP contribution in [0.25, 0.3) is 0 Å². The van der Waals surface area contributed by atoms with Gasteiger partial charge in [-0.3, -0.25) is 0 Å². The number of nitrogens with zero attached hydrogens (tertiary/aromatic N) is 4. The zero-order chi connectivity index (χ0) is 13.1. The highest BCUT2D eigenvalue weighted by atomic mass is 16.5. The van der Waals surface area contributed by atoms with Crippen molar-refractivity contribution in [3.8, 4) is 0 Å². The lowest BCUT2D eigenvalue weighted by molar-refractivity contribution is 0.0280. The van der Waals surface area contributed by atoms with E-state index < -0.39 is 0 Å². The van der Waals surface area contributed by atoms with E-state index in [4.69, 9.17) is 10.5 Å². The zero-order valence-electron chi connectivity index (χ0n) is 11.2. The third kappa shape index (κ3) is 2.70. The Morgan fingerprint density at radius 1 is 1.56 bits per heavy atom. The number of hydrogen-bond donors (Lipinski definition) is 1. The van der Waals surface area contributed by atoms with Gasteiger partial charge in [0.15, 0.2) is 0 Å². The first-order chi connectivity index (χ1) is 8.61. The second-order valence-electron chi connectivity index (χ2n) is 4.80. The Hall–Kier alpha value is -1.40. The molecule has 1 aliphatic heterocycles. The standard InChI is InChI=1S/C12H21N5O/c1-9-8-18-10(6-13)7-17(9)11-4-5-14-12(15-11)16(2)3/h4-5,9-10H,6-8,13H2,1-3H3. The van der Waals surface area contributed by atoms with Crippen molar-refractivity contribution in [1.29, 1.82) is 0 Å². The minimum absolute atomic E-state index is 0.0824. The molecule has 0 aromatic carbocycles. The normalized spacial score (nSPS) is 24.1. The highest BCUT2D eigenvalue weighted by Crippen LogP contribution is 2.20. The Balaban J connectivity index is 2.20. The monoisotopic (exact) mass is 251 g/mol. The van der Waals surface area contributed by atoms with E-state index in [0.29, 0.717) is 19.2 Å². The fourth-order valence-corrected chi connectivity index (χ4v) is 1.99. The van der Waals surface area contributed by atoms with Crippen molar-refractivity contribution in [3.05, 3.63) is 12.3 Å². The van der Waals surface area contributed by atoms with Gasteiger partial charge in [0.2, 0.25) is 5.95 Å². The summed E-state index contributed by atoms with van der Waals surface area (Å²) in [6, 6.07) is 2.24. The number of ether oxygens (including phenoxy) is 1. The van der Waals surface area contributed by atoms with Crippen LogP contribution in [-0.2, 0) is 4.74 Å². The molecule has 1 fully saturated rings. The number of anilines is 2. The fourth-order valence-electron chi connectivity index (χ4n) is 1.99. The van der Waals surface area contributed by atoms with E-state index in [0.717, 1.165) is 18.3 Å². The Kier molecular flexibility index (Phi) is 3.98. The van der Waals surface area contributed by atoms with E-state index in [1.165, 1.54) is 0 Å². The molecule has 2 atom stereocenters. The molecule has 0 bridgehead atoms. The van der Waals surface area contributed by atoms with Gasteiger partial charge >= 0.3 is 0 Å². The lowest BCUT2D eigenvalue weighted by Crippen LogP contribution is -2.51. The van der Waals surface area contributed by atoms with Crippen molar-refractivity contribution in [1.82, 2.24) is 9.97 Å². The highest BCUT2D eigenvalue weighted by Gasteiger charge is 2.26. The SMILES string of the molecule is CC1COC(CN)CN1c1ccnc(N(C)C)n1. The van der Waals surface area contributed by atoms with Gasteiger partial charge in [-0.05, 0) is 13.0 Å². The predicted molar refractivity (Wildman–Crippen MR) is 72.0 cm³/mol. The maximum absolute atomic E-state index is 5.67. The van der Waals surface area contributed by atoms with Crippen LogP contribution in [0.15, 0.2) is 12.3 Å². The number of aromatic nitrogens is 2. The molecule has 0 spiro atoms. The molecule has 1 aromatic heterocycles. The Bertz CT molecular complexity index is 398. The van der Waals surface area contributed by atoms with Crippen LogP contribution in [0.2, 0.25) is 0 Å². The summed E-state index contributed by atoms with van der Waals surface area (Å²) >= 11 is 0. The molecular formula is C12H21N5O. The summed E-state index contributed by atoms with van der Waals surface area (Å²) in [5.74, 6) is 1.65. The zero-order valence-corrected chi connectivity index (χ0v) is 11.2. The molecule has 2 heterocycles.